The van der Waals surface area contributed by atoms with Crippen LogP contribution in [0.1, 0.15) is 24.0 Å². The summed E-state index contributed by atoms with van der Waals surface area (Å²) < 4.78 is 47.6. The molecule has 0 bridgehead atoms. The van der Waals surface area contributed by atoms with Gasteiger partial charge < -0.3 is 9.47 Å². The molecule has 0 aliphatic carbocycles. The van der Waals surface area contributed by atoms with Crippen molar-refractivity contribution < 1.29 is 22.6 Å². The van der Waals surface area contributed by atoms with Crippen LogP contribution in [0.2, 0.25) is 0 Å². The van der Waals surface area contributed by atoms with E-state index >= 15 is 0 Å². The molecule has 0 radical (unpaired) electrons. The Bertz CT molecular complexity index is 353. The fourth-order valence-electron chi connectivity index (χ4n) is 1.66. The van der Waals surface area contributed by atoms with E-state index in [2.05, 4.69) is 0 Å². The Morgan fingerprint density at radius 1 is 1.24 bits per heavy atom. The third kappa shape index (κ3) is 3.44. The van der Waals surface area contributed by atoms with Crippen molar-refractivity contribution in [3.05, 3.63) is 35.4 Å². The average Bonchev–Trinajstić information content (AvgIpc) is 2.78. The van der Waals surface area contributed by atoms with Crippen LogP contribution in [-0.4, -0.2) is 12.9 Å². The molecule has 1 aliphatic rings. The van der Waals surface area contributed by atoms with Gasteiger partial charge >= 0.3 is 6.18 Å². The topological polar surface area (TPSA) is 18.5 Å². The zero-order valence-electron chi connectivity index (χ0n) is 9.17. The van der Waals surface area contributed by atoms with Crippen LogP contribution in [0.15, 0.2) is 24.3 Å². The Morgan fingerprint density at radius 2 is 1.94 bits per heavy atom. The third-order valence-corrected chi connectivity index (χ3v) is 2.61. The van der Waals surface area contributed by atoms with Crippen molar-refractivity contribution in [2.75, 3.05) is 6.61 Å². The van der Waals surface area contributed by atoms with Gasteiger partial charge in [0.2, 0.25) is 0 Å². The number of halogens is 3. The normalized spacial score (nSPS) is 20.8. The molecule has 0 N–H and O–H groups in total. The van der Waals surface area contributed by atoms with Crippen LogP contribution in [-0.2, 0) is 22.3 Å². The highest BCUT2D eigenvalue weighted by Crippen LogP contribution is 2.29. The van der Waals surface area contributed by atoms with Crippen LogP contribution < -0.4 is 0 Å². The molecule has 1 atom stereocenters. The van der Waals surface area contributed by atoms with Crippen molar-refractivity contribution >= 4 is 0 Å². The molecule has 2 rings (SSSR count). The molecule has 0 amide bonds. The minimum atomic E-state index is -4.28. The zero-order valence-corrected chi connectivity index (χ0v) is 9.17. The molecule has 0 spiro atoms. The minimum Gasteiger partial charge on any atom is -0.353 e. The van der Waals surface area contributed by atoms with E-state index in [0.717, 1.165) is 25.0 Å². The Morgan fingerprint density at radius 3 is 2.47 bits per heavy atom. The lowest BCUT2D eigenvalue weighted by Crippen LogP contribution is -2.10. The number of hydrogen-bond donors (Lipinski definition) is 0. The Labute approximate surface area is 97.3 Å². The molecule has 94 valence electrons. The van der Waals surface area contributed by atoms with Crippen LogP contribution in [0.5, 0.6) is 0 Å². The quantitative estimate of drug-likeness (QED) is 0.814. The van der Waals surface area contributed by atoms with E-state index in [9.17, 15) is 13.2 Å². The van der Waals surface area contributed by atoms with Crippen LogP contribution in [0.4, 0.5) is 13.2 Å². The number of ether oxygens (including phenoxy) is 2. The molecule has 1 heterocycles. The molecular weight excluding hydrogens is 233 g/mol. The van der Waals surface area contributed by atoms with E-state index in [1.54, 1.807) is 0 Å². The molecule has 17 heavy (non-hydrogen) atoms. The summed E-state index contributed by atoms with van der Waals surface area (Å²) in [5.74, 6) is 0. The van der Waals surface area contributed by atoms with E-state index in [4.69, 9.17) is 9.47 Å². The third-order valence-electron chi connectivity index (χ3n) is 2.61. The SMILES string of the molecule is FC(F)(F)c1ccc(COC2CCCO2)cc1. The first-order valence-corrected chi connectivity index (χ1v) is 5.45. The average molecular weight is 246 g/mol. The lowest BCUT2D eigenvalue weighted by Gasteiger charge is -2.11. The monoisotopic (exact) mass is 246 g/mol. The van der Waals surface area contributed by atoms with Gasteiger partial charge in [-0.2, -0.15) is 13.2 Å². The molecule has 1 aromatic rings. The predicted octanol–water partition coefficient (Wildman–Crippen LogP) is 3.36. The van der Waals surface area contributed by atoms with Crippen molar-refractivity contribution in [3.8, 4) is 0 Å². The number of rotatable bonds is 3. The molecule has 0 aromatic heterocycles. The zero-order chi connectivity index (χ0) is 12.3. The van der Waals surface area contributed by atoms with E-state index in [1.165, 1.54) is 12.1 Å². The molecule has 1 aromatic carbocycles. The van der Waals surface area contributed by atoms with Crippen molar-refractivity contribution in [2.45, 2.75) is 31.9 Å². The maximum Gasteiger partial charge on any atom is 0.416 e. The predicted molar refractivity (Wildman–Crippen MR) is 55.2 cm³/mol. The van der Waals surface area contributed by atoms with Crippen LogP contribution in [0, 0.1) is 0 Å². The van der Waals surface area contributed by atoms with E-state index in [0.29, 0.717) is 12.2 Å². The fraction of sp³-hybridized carbons (Fsp3) is 0.500. The van der Waals surface area contributed by atoms with Crippen molar-refractivity contribution in [1.29, 1.82) is 0 Å². The first-order valence-electron chi connectivity index (χ1n) is 5.45. The Hall–Kier alpha value is -1.07. The van der Waals surface area contributed by atoms with Gasteiger partial charge in [0.25, 0.3) is 0 Å². The van der Waals surface area contributed by atoms with Gasteiger partial charge in [-0.1, -0.05) is 12.1 Å². The number of benzene rings is 1. The Balaban J connectivity index is 1.89. The van der Waals surface area contributed by atoms with Crippen molar-refractivity contribution in [3.63, 3.8) is 0 Å². The lowest BCUT2D eigenvalue weighted by molar-refractivity contribution is -0.137. The van der Waals surface area contributed by atoms with Crippen LogP contribution in [0.3, 0.4) is 0 Å². The summed E-state index contributed by atoms with van der Waals surface area (Å²) >= 11 is 0. The summed E-state index contributed by atoms with van der Waals surface area (Å²) in [5.41, 5.74) is 0.0758. The highest BCUT2D eigenvalue weighted by molar-refractivity contribution is 5.24. The van der Waals surface area contributed by atoms with Gasteiger partial charge in [0.05, 0.1) is 12.2 Å². The van der Waals surface area contributed by atoms with Crippen molar-refractivity contribution in [1.82, 2.24) is 0 Å². The number of hydrogen-bond acceptors (Lipinski definition) is 2. The first-order chi connectivity index (χ1) is 8.05. The summed E-state index contributed by atoms with van der Waals surface area (Å²) in [5, 5.41) is 0. The highest BCUT2D eigenvalue weighted by atomic mass is 19.4. The second-order valence-electron chi connectivity index (χ2n) is 3.95. The molecule has 2 nitrogen and oxygen atoms in total. The highest BCUT2D eigenvalue weighted by Gasteiger charge is 2.29. The van der Waals surface area contributed by atoms with E-state index in [-0.39, 0.29) is 12.9 Å². The summed E-state index contributed by atoms with van der Waals surface area (Å²) in [6.07, 6.45) is -2.68. The molecule has 1 fully saturated rings. The summed E-state index contributed by atoms with van der Waals surface area (Å²) in [6.45, 7) is 0.973. The van der Waals surface area contributed by atoms with Gasteiger partial charge in [-0.3, -0.25) is 0 Å². The van der Waals surface area contributed by atoms with Gasteiger partial charge in [0.1, 0.15) is 0 Å². The summed E-state index contributed by atoms with van der Waals surface area (Å²) in [7, 11) is 0. The Kier molecular flexibility index (Phi) is 3.69. The minimum absolute atomic E-state index is 0.211. The van der Waals surface area contributed by atoms with Gasteiger partial charge in [-0.25, -0.2) is 0 Å². The molecule has 1 aliphatic heterocycles. The largest absolute Gasteiger partial charge is 0.416 e. The molecule has 0 saturated carbocycles. The fourth-order valence-corrected chi connectivity index (χ4v) is 1.66. The number of alkyl halides is 3. The molecule has 1 saturated heterocycles. The maximum atomic E-state index is 12.3. The maximum absolute atomic E-state index is 12.3. The summed E-state index contributed by atoms with van der Waals surface area (Å²) in [4.78, 5) is 0. The lowest BCUT2D eigenvalue weighted by atomic mass is 10.1. The van der Waals surface area contributed by atoms with Crippen LogP contribution in [0.25, 0.3) is 0 Å². The van der Waals surface area contributed by atoms with Gasteiger partial charge in [0, 0.05) is 13.0 Å². The summed E-state index contributed by atoms with van der Waals surface area (Å²) in [6, 6.07) is 4.98. The smallest absolute Gasteiger partial charge is 0.353 e. The van der Waals surface area contributed by atoms with E-state index < -0.39 is 11.7 Å². The van der Waals surface area contributed by atoms with Crippen molar-refractivity contribution in [2.24, 2.45) is 0 Å². The molecule has 1 unspecified atom stereocenters. The molecule has 5 heteroatoms. The first kappa shape index (κ1) is 12.4. The molecular formula is C12H13F3O2. The van der Waals surface area contributed by atoms with Gasteiger partial charge in [-0.05, 0) is 24.1 Å². The van der Waals surface area contributed by atoms with Gasteiger partial charge in [-0.15, -0.1) is 0 Å². The van der Waals surface area contributed by atoms with Gasteiger partial charge in [0.15, 0.2) is 6.29 Å². The standard InChI is InChI=1S/C12H13F3O2/c13-12(14,15)10-5-3-9(4-6-10)8-17-11-2-1-7-16-11/h3-6,11H,1-2,7-8H2. The van der Waals surface area contributed by atoms with E-state index in [1.807, 2.05) is 0 Å². The second kappa shape index (κ2) is 5.06. The second-order valence-corrected chi connectivity index (χ2v) is 3.95. The van der Waals surface area contributed by atoms with Crippen LogP contribution >= 0.6 is 0 Å².